The van der Waals surface area contributed by atoms with E-state index < -0.39 is 5.54 Å². The molecular weight excluding hydrogens is 249 g/mol. The van der Waals surface area contributed by atoms with Crippen molar-refractivity contribution in [3.63, 3.8) is 0 Å². The van der Waals surface area contributed by atoms with E-state index in [1.165, 1.54) is 7.11 Å². The zero-order chi connectivity index (χ0) is 12.3. The molecule has 90 valence electrons. The van der Waals surface area contributed by atoms with E-state index in [-0.39, 0.29) is 6.61 Å². The average molecular weight is 264 g/mol. The first-order valence-electron chi connectivity index (χ1n) is 4.81. The fraction of sp³-hybridized carbons (Fsp3) is 0.455. The number of aliphatic hydroxyl groups excluding tert-OH is 1. The molecule has 0 spiro atoms. The molecule has 0 unspecified atom stereocenters. The van der Waals surface area contributed by atoms with Crippen molar-refractivity contribution in [2.45, 2.75) is 19.4 Å². The molecule has 0 aliphatic carbocycles. The lowest BCUT2D eigenvalue weighted by Crippen LogP contribution is -2.35. The Bertz CT molecular complexity index is 380. The number of hydrogen-bond donors (Lipinski definition) is 2. The second kappa shape index (κ2) is 5.13. The van der Waals surface area contributed by atoms with Gasteiger partial charge < -0.3 is 15.2 Å². The molecule has 0 aliphatic rings. The number of hydrogen-bond acceptors (Lipinski definition) is 3. The Morgan fingerprint density at radius 3 is 2.50 bits per heavy atom. The van der Waals surface area contributed by atoms with E-state index in [0.717, 1.165) is 0 Å². The van der Waals surface area contributed by atoms with Crippen molar-refractivity contribution in [1.29, 1.82) is 0 Å². The highest BCUT2D eigenvalue weighted by atomic mass is 35.5. The third-order valence-corrected chi connectivity index (χ3v) is 2.58. The summed E-state index contributed by atoms with van der Waals surface area (Å²) in [4.78, 5) is 0. The van der Waals surface area contributed by atoms with Gasteiger partial charge in [-0.1, -0.05) is 23.2 Å². The Labute approximate surface area is 105 Å². The molecule has 0 saturated heterocycles. The van der Waals surface area contributed by atoms with E-state index >= 15 is 0 Å². The van der Waals surface area contributed by atoms with Crippen LogP contribution in [0.5, 0.6) is 5.75 Å². The minimum Gasteiger partial charge on any atom is -0.493 e. The van der Waals surface area contributed by atoms with E-state index in [2.05, 4.69) is 5.32 Å². The van der Waals surface area contributed by atoms with Crippen molar-refractivity contribution in [3.8, 4) is 5.75 Å². The molecule has 2 N–H and O–H groups in total. The highest BCUT2D eigenvalue weighted by Crippen LogP contribution is 2.37. The third-order valence-electron chi connectivity index (χ3n) is 2.08. The number of rotatable bonds is 4. The first-order valence-corrected chi connectivity index (χ1v) is 5.57. The number of nitrogens with one attached hydrogen (secondary N) is 1. The standard InChI is InChI=1S/C11H15Cl2NO2/c1-11(2,6-15)14-9-5-7(12)4-8(13)10(9)16-3/h4-5,14-15H,6H2,1-3H3. The molecule has 3 nitrogen and oxygen atoms in total. The summed E-state index contributed by atoms with van der Waals surface area (Å²) >= 11 is 11.9. The second-order valence-electron chi connectivity index (χ2n) is 4.14. The Balaban J connectivity index is 3.12. The van der Waals surface area contributed by atoms with E-state index in [9.17, 15) is 5.11 Å². The van der Waals surface area contributed by atoms with Crippen LogP contribution >= 0.6 is 23.2 Å². The summed E-state index contributed by atoms with van der Waals surface area (Å²) in [5.41, 5.74) is 0.195. The van der Waals surface area contributed by atoms with Crippen LogP contribution in [0, 0.1) is 0 Å². The van der Waals surface area contributed by atoms with Crippen molar-refractivity contribution in [1.82, 2.24) is 0 Å². The van der Waals surface area contributed by atoms with Gasteiger partial charge in [0.1, 0.15) is 0 Å². The fourth-order valence-corrected chi connectivity index (χ4v) is 1.84. The zero-order valence-electron chi connectivity index (χ0n) is 9.47. The Morgan fingerprint density at radius 2 is 2.00 bits per heavy atom. The number of aliphatic hydroxyl groups is 1. The molecule has 0 heterocycles. The van der Waals surface area contributed by atoms with Gasteiger partial charge in [0.2, 0.25) is 0 Å². The van der Waals surface area contributed by atoms with Gasteiger partial charge in [-0.2, -0.15) is 0 Å². The Hall–Kier alpha value is -0.640. The molecule has 1 rings (SSSR count). The normalized spacial score (nSPS) is 11.4. The summed E-state index contributed by atoms with van der Waals surface area (Å²) < 4.78 is 5.19. The molecule has 0 saturated carbocycles. The highest BCUT2D eigenvalue weighted by Gasteiger charge is 2.19. The van der Waals surface area contributed by atoms with E-state index in [0.29, 0.717) is 21.5 Å². The summed E-state index contributed by atoms with van der Waals surface area (Å²) in [7, 11) is 1.53. The minimum absolute atomic E-state index is 0.0136. The van der Waals surface area contributed by atoms with Crippen LogP contribution in [0.1, 0.15) is 13.8 Å². The van der Waals surface area contributed by atoms with Gasteiger partial charge >= 0.3 is 0 Å². The van der Waals surface area contributed by atoms with Crippen molar-refractivity contribution in [3.05, 3.63) is 22.2 Å². The maximum Gasteiger partial charge on any atom is 0.160 e. The van der Waals surface area contributed by atoms with Crippen LogP contribution in [-0.4, -0.2) is 24.4 Å². The first kappa shape index (κ1) is 13.4. The SMILES string of the molecule is COc1c(Cl)cc(Cl)cc1NC(C)(C)CO. The maximum absolute atomic E-state index is 9.19. The molecular formula is C11H15Cl2NO2. The predicted octanol–water partition coefficient (Wildman–Crippen LogP) is 3.18. The second-order valence-corrected chi connectivity index (χ2v) is 4.98. The largest absolute Gasteiger partial charge is 0.493 e. The molecule has 0 bridgehead atoms. The molecule has 0 atom stereocenters. The van der Waals surface area contributed by atoms with Crippen LogP contribution in [0.15, 0.2) is 12.1 Å². The van der Waals surface area contributed by atoms with Crippen LogP contribution in [0.4, 0.5) is 5.69 Å². The first-order chi connectivity index (χ1) is 7.39. The minimum atomic E-state index is -0.471. The summed E-state index contributed by atoms with van der Waals surface area (Å²) in [6.45, 7) is 3.71. The van der Waals surface area contributed by atoms with Gasteiger partial charge in [0, 0.05) is 5.02 Å². The lowest BCUT2D eigenvalue weighted by molar-refractivity contribution is 0.234. The smallest absolute Gasteiger partial charge is 0.160 e. The number of ether oxygens (including phenoxy) is 1. The van der Waals surface area contributed by atoms with Crippen molar-refractivity contribution < 1.29 is 9.84 Å². The fourth-order valence-electron chi connectivity index (χ4n) is 1.26. The number of methoxy groups -OCH3 is 1. The average Bonchev–Trinajstić information content (AvgIpc) is 2.16. The van der Waals surface area contributed by atoms with Crippen LogP contribution in [-0.2, 0) is 0 Å². The summed E-state index contributed by atoms with van der Waals surface area (Å²) in [6.07, 6.45) is 0. The molecule has 0 aromatic heterocycles. The molecule has 0 fully saturated rings. The molecule has 16 heavy (non-hydrogen) atoms. The van der Waals surface area contributed by atoms with Gasteiger partial charge in [0.15, 0.2) is 5.75 Å². The van der Waals surface area contributed by atoms with Crippen molar-refractivity contribution >= 4 is 28.9 Å². The van der Waals surface area contributed by atoms with Gasteiger partial charge in [-0.05, 0) is 26.0 Å². The topological polar surface area (TPSA) is 41.5 Å². The van der Waals surface area contributed by atoms with Crippen molar-refractivity contribution in [2.24, 2.45) is 0 Å². The van der Waals surface area contributed by atoms with Gasteiger partial charge in [-0.15, -0.1) is 0 Å². The lowest BCUT2D eigenvalue weighted by atomic mass is 10.1. The molecule has 1 aromatic carbocycles. The maximum atomic E-state index is 9.19. The van der Waals surface area contributed by atoms with Crippen LogP contribution in [0.3, 0.4) is 0 Å². The monoisotopic (exact) mass is 263 g/mol. The van der Waals surface area contributed by atoms with Crippen molar-refractivity contribution in [2.75, 3.05) is 19.0 Å². The molecule has 0 radical (unpaired) electrons. The Morgan fingerprint density at radius 1 is 1.38 bits per heavy atom. The predicted molar refractivity (Wildman–Crippen MR) is 67.8 cm³/mol. The lowest BCUT2D eigenvalue weighted by Gasteiger charge is -2.26. The number of benzene rings is 1. The summed E-state index contributed by atoms with van der Waals surface area (Å²) in [5.74, 6) is 0.521. The van der Waals surface area contributed by atoms with E-state index in [1.807, 2.05) is 13.8 Å². The van der Waals surface area contributed by atoms with Gasteiger partial charge in [-0.3, -0.25) is 0 Å². The Kier molecular flexibility index (Phi) is 4.30. The van der Waals surface area contributed by atoms with E-state index in [4.69, 9.17) is 27.9 Å². The number of anilines is 1. The summed E-state index contributed by atoms with van der Waals surface area (Å²) in [6, 6.07) is 3.32. The zero-order valence-corrected chi connectivity index (χ0v) is 11.0. The molecule has 1 aromatic rings. The van der Waals surface area contributed by atoms with Crippen LogP contribution < -0.4 is 10.1 Å². The molecule has 0 amide bonds. The van der Waals surface area contributed by atoms with Gasteiger partial charge in [-0.25, -0.2) is 0 Å². The summed E-state index contributed by atoms with van der Waals surface area (Å²) in [5, 5.41) is 13.3. The van der Waals surface area contributed by atoms with E-state index in [1.54, 1.807) is 12.1 Å². The van der Waals surface area contributed by atoms with Crippen LogP contribution in [0.2, 0.25) is 10.0 Å². The van der Waals surface area contributed by atoms with Crippen LogP contribution in [0.25, 0.3) is 0 Å². The molecule has 5 heteroatoms. The molecule has 0 aliphatic heterocycles. The quantitative estimate of drug-likeness (QED) is 0.877. The van der Waals surface area contributed by atoms with Gasteiger partial charge in [0.25, 0.3) is 0 Å². The third kappa shape index (κ3) is 3.17. The highest BCUT2D eigenvalue weighted by molar-refractivity contribution is 6.36. The number of halogens is 2. The van der Waals surface area contributed by atoms with Gasteiger partial charge in [0.05, 0.1) is 30.0 Å².